The lowest BCUT2D eigenvalue weighted by Crippen LogP contribution is -1.99. The van der Waals surface area contributed by atoms with Crippen LogP contribution in [0.4, 0.5) is 0 Å². The number of thioether (sulfide) groups is 1. The third-order valence-electron chi connectivity index (χ3n) is 1.65. The van der Waals surface area contributed by atoms with Gasteiger partial charge in [0.2, 0.25) is 0 Å². The zero-order valence-corrected chi connectivity index (χ0v) is 6.69. The first kappa shape index (κ1) is 8.08. The largest absolute Gasteiger partial charge is 0.396 e. The van der Waals surface area contributed by atoms with E-state index in [1.54, 1.807) is 11.8 Å². The SMILES string of the molecule is O=C1CCC(SCCO)C1. The average molecular weight is 160 g/mol. The summed E-state index contributed by atoms with van der Waals surface area (Å²) >= 11 is 1.72. The van der Waals surface area contributed by atoms with Crippen molar-refractivity contribution >= 4 is 17.5 Å². The molecule has 1 saturated carbocycles. The molecule has 0 spiro atoms. The van der Waals surface area contributed by atoms with E-state index in [2.05, 4.69) is 0 Å². The first-order valence-corrected chi connectivity index (χ1v) is 4.62. The molecule has 1 rings (SSSR count). The average Bonchev–Trinajstić information content (AvgIpc) is 2.31. The summed E-state index contributed by atoms with van der Waals surface area (Å²) in [4.78, 5) is 10.7. The molecule has 0 heterocycles. The van der Waals surface area contributed by atoms with Crippen molar-refractivity contribution in [3.63, 3.8) is 0 Å². The minimum Gasteiger partial charge on any atom is -0.396 e. The second-order valence-corrected chi connectivity index (χ2v) is 3.91. The highest BCUT2D eigenvalue weighted by Crippen LogP contribution is 2.26. The summed E-state index contributed by atoms with van der Waals surface area (Å²) in [5.41, 5.74) is 0. The van der Waals surface area contributed by atoms with Crippen LogP contribution in [0, 0.1) is 0 Å². The normalized spacial score (nSPS) is 25.7. The molecule has 0 aromatic carbocycles. The summed E-state index contributed by atoms with van der Waals surface area (Å²) in [6, 6.07) is 0. The number of carbonyl (C=O) groups is 1. The molecule has 1 N–H and O–H groups in total. The van der Waals surface area contributed by atoms with Crippen LogP contribution in [0.2, 0.25) is 0 Å². The molecule has 0 saturated heterocycles. The molecule has 1 fully saturated rings. The molecule has 0 amide bonds. The van der Waals surface area contributed by atoms with E-state index in [0.717, 1.165) is 25.0 Å². The van der Waals surface area contributed by atoms with E-state index < -0.39 is 0 Å². The summed E-state index contributed by atoms with van der Waals surface area (Å²) in [5.74, 6) is 1.16. The third-order valence-corrected chi connectivity index (χ3v) is 2.94. The van der Waals surface area contributed by atoms with Gasteiger partial charge in [0.05, 0.1) is 6.61 Å². The van der Waals surface area contributed by atoms with Gasteiger partial charge >= 0.3 is 0 Å². The van der Waals surface area contributed by atoms with Crippen LogP contribution < -0.4 is 0 Å². The Kier molecular flexibility index (Phi) is 3.22. The Hall–Kier alpha value is -0.0200. The minimum atomic E-state index is 0.232. The molecule has 0 aliphatic heterocycles. The summed E-state index contributed by atoms with van der Waals surface area (Å²) < 4.78 is 0. The molecule has 1 aliphatic carbocycles. The highest BCUT2D eigenvalue weighted by Gasteiger charge is 2.21. The van der Waals surface area contributed by atoms with E-state index in [1.165, 1.54) is 0 Å². The van der Waals surface area contributed by atoms with Crippen molar-refractivity contribution in [2.45, 2.75) is 24.5 Å². The molecule has 0 radical (unpaired) electrons. The smallest absolute Gasteiger partial charge is 0.134 e. The molecule has 0 aromatic rings. The van der Waals surface area contributed by atoms with Crippen molar-refractivity contribution in [3.8, 4) is 0 Å². The van der Waals surface area contributed by atoms with Crippen molar-refractivity contribution in [1.29, 1.82) is 0 Å². The van der Waals surface area contributed by atoms with Gasteiger partial charge in [0, 0.05) is 23.8 Å². The highest BCUT2D eigenvalue weighted by atomic mass is 32.2. The van der Waals surface area contributed by atoms with Crippen LogP contribution in [-0.2, 0) is 4.79 Å². The van der Waals surface area contributed by atoms with Crippen LogP contribution in [0.15, 0.2) is 0 Å². The van der Waals surface area contributed by atoms with Gasteiger partial charge in [-0.1, -0.05) is 0 Å². The van der Waals surface area contributed by atoms with Gasteiger partial charge < -0.3 is 5.11 Å². The topological polar surface area (TPSA) is 37.3 Å². The standard InChI is InChI=1S/C7H12O2S/c8-3-4-10-7-2-1-6(9)5-7/h7-8H,1-5H2. The zero-order chi connectivity index (χ0) is 7.40. The minimum absolute atomic E-state index is 0.232. The maximum absolute atomic E-state index is 10.7. The molecule has 58 valence electrons. The van der Waals surface area contributed by atoms with E-state index in [4.69, 9.17) is 5.11 Å². The molecule has 10 heavy (non-hydrogen) atoms. The van der Waals surface area contributed by atoms with Crippen molar-refractivity contribution in [2.75, 3.05) is 12.4 Å². The number of rotatable bonds is 3. The van der Waals surface area contributed by atoms with E-state index in [9.17, 15) is 4.79 Å². The molecular weight excluding hydrogens is 148 g/mol. The molecule has 0 bridgehead atoms. The van der Waals surface area contributed by atoms with Gasteiger partial charge in [-0.2, -0.15) is 11.8 Å². The van der Waals surface area contributed by atoms with Crippen molar-refractivity contribution in [2.24, 2.45) is 0 Å². The van der Waals surface area contributed by atoms with E-state index >= 15 is 0 Å². The Morgan fingerprint density at radius 2 is 2.50 bits per heavy atom. The van der Waals surface area contributed by atoms with Gasteiger partial charge in [0.1, 0.15) is 5.78 Å². The fraction of sp³-hybridized carbons (Fsp3) is 0.857. The predicted octanol–water partition coefficient (Wildman–Crippen LogP) is 0.833. The molecule has 1 aliphatic rings. The number of hydrogen-bond acceptors (Lipinski definition) is 3. The monoisotopic (exact) mass is 160 g/mol. The van der Waals surface area contributed by atoms with Crippen LogP contribution in [0.3, 0.4) is 0 Å². The lowest BCUT2D eigenvalue weighted by atomic mass is 10.4. The Morgan fingerprint density at radius 1 is 1.70 bits per heavy atom. The fourth-order valence-corrected chi connectivity index (χ4v) is 2.17. The van der Waals surface area contributed by atoms with Gasteiger partial charge in [0.15, 0.2) is 0 Å². The quantitative estimate of drug-likeness (QED) is 0.664. The lowest BCUT2D eigenvalue weighted by Gasteiger charge is -2.04. The Morgan fingerprint density at radius 3 is 3.00 bits per heavy atom. The van der Waals surface area contributed by atoms with Gasteiger partial charge in [-0.25, -0.2) is 0 Å². The van der Waals surface area contributed by atoms with Crippen LogP contribution >= 0.6 is 11.8 Å². The molecule has 1 unspecified atom stereocenters. The van der Waals surface area contributed by atoms with Crippen molar-refractivity contribution < 1.29 is 9.90 Å². The number of aliphatic hydroxyl groups is 1. The van der Waals surface area contributed by atoms with E-state index in [-0.39, 0.29) is 6.61 Å². The summed E-state index contributed by atoms with van der Waals surface area (Å²) in [6.07, 6.45) is 2.50. The highest BCUT2D eigenvalue weighted by molar-refractivity contribution is 7.99. The summed E-state index contributed by atoms with van der Waals surface area (Å²) in [5, 5.41) is 8.99. The van der Waals surface area contributed by atoms with Gasteiger partial charge in [-0.3, -0.25) is 4.79 Å². The Balaban J connectivity index is 2.12. The van der Waals surface area contributed by atoms with Crippen molar-refractivity contribution in [3.05, 3.63) is 0 Å². The summed E-state index contributed by atoms with van der Waals surface area (Å²) in [7, 11) is 0. The second kappa shape index (κ2) is 3.98. The number of hydrogen-bond donors (Lipinski definition) is 1. The fourth-order valence-electron chi connectivity index (χ4n) is 1.14. The lowest BCUT2D eigenvalue weighted by molar-refractivity contribution is -0.117. The first-order valence-electron chi connectivity index (χ1n) is 3.57. The molecule has 1 atom stereocenters. The number of ketones is 1. The molecule has 0 aromatic heterocycles. The zero-order valence-electron chi connectivity index (χ0n) is 5.88. The Labute approximate surface area is 65.0 Å². The molecule has 2 nitrogen and oxygen atoms in total. The maximum Gasteiger partial charge on any atom is 0.134 e. The van der Waals surface area contributed by atoms with Gasteiger partial charge in [0.25, 0.3) is 0 Å². The van der Waals surface area contributed by atoms with Crippen molar-refractivity contribution in [1.82, 2.24) is 0 Å². The van der Waals surface area contributed by atoms with Crippen LogP contribution in [-0.4, -0.2) is 28.5 Å². The number of Topliss-reactive ketones (excluding diaryl/α,β-unsaturated/α-hetero) is 1. The van der Waals surface area contributed by atoms with Gasteiger partial charge in [-0.05, 0) is 6.42 Å². The van der Waals surface area contributed by atoms with E-state index in [0.29, 0.717) is 11.0 Å². The van der Waals surface area contributed by atoms with Crippen LogP contribution in [0.25, 0.3) is 0 Å². The third kappa shape index (κ3) is 2.31. The second-order valence-electron chi connectivity index (χ2n) is 2.50. The van der Waals surface area contributed by atoms with Crippen LogP contribution in [0.1, 0.15) is 19.3 Å². The number of carbonyl (C=O) groups excluding carboxylic acids is 1. The van der Waals surface area contributed by atoms with Gasteiger partial charge in [-0.15, -0.1) is 0 Å². The van der Waals surface area contributed by atoms with E-state index in [1.807, 2.05) is 0 Å². The summed E-state index contributed by atoms with van der Waals surface area (Å²) in [6.45, 7) is 0.232. The Bertz CT molecular complexity index is 125. The molecular formula is C7H12O2S. The first-order chi connectivity index (χ1) is 4.83. The maximum atomic E-state index is 10.7. The molecule has 3 heteroatoms. The predicted molar refractivity (Wildman–Crippen MR) is 42.2 cm³/mol. The van der Waals surface area contributed by atoms with Crippen LogP contribution in [0.5, 0.6) is 0 Å². The number of aliphatic hydroxyl groups excluding tert-OH is 1.